The number of benzene rings is 1. The topological polar surface area (TPSA) is 65.2 Å². The van der Waals surface area contributed by atoms with E-state index in [4.69, 9.17) is 4.98 Å². The maximum atomic E-state index is 4.95. The molecule has 0 unspecified atom stereocenters. The largest absolute Gasteiger partial charge is 0.368 e. The molecular weight excluding hydrogens is 356 g/mol. The summed E-state index contributed by atoms with van der Waals surface area (Å²) in [6.45, 7) is 5.00. The quantitative estimate of drug-likeness (QED) is 0.710. The van der Waals surface area contributed by atoms with Crippen LogP contribution in [0.1, 0.15) is 24.8 Å². The van der Waals surface area contributed by atoms with Gasteiger partial charge in [0.25, 0.3) is 0 Å². The van der Waals surface area contributed by atoms with E-state index < -0.39 is 0 Å². The van der Waals surface area contributed by atoms with E-state index in [0.717, 1.165) is 35.7 Å². The molecule has 1 aromatic carbocycles. The van der Waals surface area contributed by atoms with Gasteiger partial charge in [-0.3, -0.25) is 0 Å². The lowest BCUT2D eigenvalue weighted by Gasteiger charge is -2.26. The summed E-state index contributed by atoms with van der Waals surface area (Å²) in [6.07, 6.45) is 4.03. The van der Waals surface area contributed by atoms with E-state index in [1.54, 1.807) is 11.3 Å². The first-order valence-electron chi connectivity index (χ1n) is 9.59. The monoisotopic (exact) mass is 378 g/mol. The molecule has 2 aliphatic rings. The van der Waals surface area contributed by atoms with Gasteiger partial charge in [0, 0.05) is 34.1 Å². The van der Waals surface area contributed by atoms with Crippen molar-refractivity contribution in [2.45, 2.75) is 19.3 Å². The number of nitrogens with one attached hydrogen (secondary N) is 1. The summed E-state index contributed by atoms with van der Waals surface area (Å²) in [5.74, 6) is 0.982. The molecular formula is C20H22N6S. The van der Waals surface area contributed by atoms with Crippen LogP contribution in [0.25, 0.3) is 21.0 Å². The normalized spacial score (nSPS) is 17.7. The predicted octanol–water partition coefficient (Wildman–Crippen LogP) is 4.52. The molecule has 7 heteroatoms. The average molecular weight is 379 g/mol. The van der Waals surface area contributed by atoms with Crippen LogP contribution in [0.4, 0.5) is 5.82 Å². The molecule has 1 saturated heterocycles. The van der Waals surface area contributed by atoms with Gasteiger partial charge in [-0.2, -0.15) is 5.11 Å². The standard InChI is InChI=1S/C20H22N6S/c1-2-8-26(9-3-1)10-7-21-20-16-6-11-27-19(16)15-5-4-14(12-17(15)23-20)18-13-22-25-24-18/h4-6,11-12H,1-3,7-10,13H2,(H,21,23). The molecule has 0 aliphatic carbocycles. The molecule has 4 heterocycles. The second-order valence-electron chi connectivity index (χ2n) is 7.12. The number of likely N-dealkylation sites (tertiary alicyclic amines) is 1. The number of piperidine rings is 1. The van der Waals surface area contributed by atoms with Crippen molar-refractivity contribution < 1.29 is 0 Å². The zero-order valence-corrected chi connectivity index (χ0v) is 16.0. The molecule has 1 N–H and O–H groups in total. The minimum absolute atomic E-state index is 0.549. The second-order valence-corrected chi connectivity index (χ2v) is 8.04. The number of pyridine rings is 1. The first-order chi connectivity index (χ1) is 13.4. The Kier molecular flexibility index (Phi) is 4.55. The highest BCUT2D eigenvalue weighted by molar-refractivity contribution is 7.18. The highest BCUT2D eigenvalue weighted by Gasteiger charge is 2.14. The second kappa shape index (κ2) is 7.32. The van der Waals surface area contributed by atoms with Crippen molar-refractivity contribution in [3.8, 4) is 0 Å². The van der Waals surface area contributed by atoms with E-state index in [-0.39, 0.29) is 0 Å². The van der Waals surface area contributed by atoms with Crippen LogP contribution in [-0.2, 0) is 0 Å². The third kappa shape index (κ3) is 3.33. The van der Waals surface area contributed by atoms with Crippen LogP contribution < -0.4 is 5.32 Å². The van der Waals surface area contributed by atoms with E-state index in [2.05, 4.69) is 55.3 Å². The van der Waals surface area contributed by atoms with Crippen LogP contribution in [0, 0.1) is 0 Å². The van der Waals surface area contributed by atoms with Gasteiger partial charge in [0.2, 0.25) is 0 Å². The molecule has 6 nitrogen and oxygen atoms in total. The molecule has 0 bridgehead atoms. The summed E-state index contributed by atoms with van der Waals surface area (Å²) in [5, 5.41) is 20.0. The minimum Gasteiger partial charge on any atom is -0.368 e. The van der Waals surface area contributed by atoms with Gasteiger partial charge in [-0.05, 0) is 48.7 Å². The summed E-state index contributed by atoms with van der Waals surface area (Å²) in [7, 11) is 0. The molecule has 0 spiro atoms. The van der Waals surface area contributed by atoms with Crippen molar-refractivity contribution in [1.29, 1.82) is 0 Å². The zero-order chi connectivity index (χ0) is 18.1. The number of aromatic nitrogens is 1. The number of rotatable bonds is 5. The molecule has 5 rings (SSSR count). The SMILES string of the molecule is c1cc2c(NCCN3CCCCC3)nc3cc(C4=NN=NC4)ccc3c2s1. The molecule has 0 amide bonds. The fourth-order valence-corrected chi connectivity index (χ4v) is 4.83. The van der Waals surface area contributed by atoms with Crippen molar-refractivity contribution in [1.82, 2.24) is 9.88 Å². The summed E-state index contributed by atoms with van der Waals surface area (Å²) in [6, 6.07) is 8.53. The van der Waals surface area contributed by atoms with E-state index >= 15 is 0 Å². The van der Waals surface area contributed by atoms with Gasteiger partial charge in [-0.15, -0.1) is 16.4 Å². The van der Waals surface area contributed by atoms with Crippen LogP contribution in [-0.4, -0.2) is 48.3 Å². The smallest absolute Gasteiger partial charge is 0.135 e. The maximum Gasteiger partial charge on any atom is 0.135 e. The van der Waals surface area contributed by atoms with E-state index in [9.17, 15) is 0 Å². The summed E-state index contributed by atoms with van der Waals surface area (Å²) in [5.41, 5.74) is 2.96. The van der Waals surface area contributed by atoms with Gasteiger partial charge in [-0.1, -0.05) is 18.6 Å². The highest BCUT2D eigenvalue weighted by atomic mass is 32.1. The van der Waals surface area contributed by atoms with Crippen molar-refractivity contribution >= 4 is 43.9 Å². The van der Waals surface area contributed by atoms with Crippen molar-refractivity contribution in [3.63, 3.8) is 0 Å². The van der Waals surface area contributed by atoms with Crippen molar-refractivity contribution in [2.24, 2.45) is 15.4 Å². The molecule has 1 fully saturated rings. The lowest BCUT2D eigenvalue weighted by molar-refractivity contribution is 0.237. The van der Waals surface area contributed by atoms with Crippen molar-refractivity contribution in [3.05, 3.63) is 35.2 Å². The summed E-state index contributed by atoms with van der Waals surface area (Å²) >= 11 is 1.77. The van der Waals surface area contributed by atoms with Gasteiger partial charge in [0.15, 0.2) is 0 Å². The van der Waals surface area contributed by atoms with Gasteiger partial charge in [0.05, 0.1) is 11.2 Å². The number of hydrogen-bond acceptors (Lipinski definition) is 7. The highest BCUT2D eigenvalue weighted by Crippen LogP contribution is 2.34. The molecule has 2 aliphatic heterocycles. The van der Waals surface area contributed by atoms with Crippen molar-refractivity contribution in [2.75, 3.05) is 38.0 Å². The Morgan fingerprint density at radius 2 is 2.00 bits per heavy atom. The van der Waals surface area contributed by atoms with Crippen LogP contribution >= 0.6 is 11.3 Å². The van der Waals surface area contributed by atoms with Gasteiger partial charge < -0.3 is 10.2 Å². The summed E-state index contributed by atoms with van der Waals surface area (Å²) in [4.78, 5) is 7.50. The third-order valence-electron chi connectivity index (χ3n) is 5.35. The molecule has 27 heavy (non-hydrogen) atoms. The van der Waals surface area contributed by atoms with Crippen LogP contribution in [0.2, 0.25) is 0 Å². The Hall–Kier alpha value is -2.38. The Labute approximate surface area is 162 Å². The third-order valence-corrected chi connectivity index (χ3v) is 6.29. The molecule has 0 saturated carbocycles. The van der Waals surface area contributed by atoms with E-state index in [1.165, 1.54) is 47.8 Å². The lowest BCUT2D eigenvalue weighted by Crippen LogP contribution is -2.33. The van der Waals surface area contributed by atoms with E-state index in [1.807, 2.05) is 0 Å². The average Bonchev–Trinajstić information content (AvgIpc) is 3.41. The minimum atomic E-state index is 0.549. The van der Waals surface area contributed by atoms with Gasteiger partial charge in [-0.25, -0.2) is 4.98 Å². The number of nitrogens with zero attached hydrogens (tertiary/aromatic N) is 5. The Morgan fingerprint density at radius 3 is 2.85 bits per heavy atom. The van der Waals surface area contributed by atoms with Crippen LogP contribution in [0.15, 0.2) is 45.1 Å². The first kappa shape index (κ1) is 16.8. The fraction of sp³-hybridized carbons (Fsp3) is 0.400. The summed E-state index contributed by atoms with van der Waals surface area (Å²) < 4.78 is 1.29. The van der Waals surface area contributed by atoms with E-state index in [0.29, 0.717) is 6.54 Å². The van der Waals surface area contributed by atoms with Crippen LogP contribution in [0.5, 0.6) is 0 Å². The number of hydrogen-bond donors (Lipinski definition) is 1. The molecule has 3 aromatic rings. The maximum absolute atomic E-state index is 4.95. The Balaban J connectivity index is 1.43. The molecule has 138 valence electrons. The molecule has 0 radical (unpaired) electrons. The Bertz CT molecular complexity index is 1030. The predicted molar refractivity (Wildman–Crippen MR) is 112 cm³/mol. The van der Waals surface area contributed by atoms with Gasteiger partial charge in [0.1, 0.15) is 12.4 Å². The molecule has 0 atom stereocenters. The number of fused-ring (bicyclic) bond motifs is 3. The lowest BCUT2D eigenvalue weighted by atomic mass is 10.1. The zero-order valence-electron chi connectivity index (χ0n) is 15.2. The first-order valence-corrected chi connectivity index (χ1v) is 10.5. The fourth-order valence-electron chi connectivity index (χ4n) is 3.90. The molecule has 2 aromatic heterocycles. The van der Waals surface area contributed by atoms with Gasteiger partial charge >= 0.3 is 0 Å². The number of thiophene rings is 1. The van der Waals surface area contributed by atoms with Crippen LogP contribution in [0.3, 0.4) is 0 Å². The number of anilines is 1. The Morgan fingerprint density at radius 1 is 1.07 bits per heavy atom.